The molecule has 1 fully saturated rings. The lowest BCUT2D eigenvalue weighted by molar-refractivity contribution is -0.137. The molecule has 1 unspecified atom stereocenters. The highest BCUT2D eigenvalue weighted by Gasteiger charge is 2.36. The number of carbonyl (C=O) groups excluding carboxylic acids is 2. The van der Waals surface area contributed by atoms with Crippen molar-refractivity contribution in [2.24, 2.45) is 0 Å². The van der Waals surface area contributed by atoms with Gasteiger partial charge in [-0.1, -0.05) is 17.7 Å². The van der Waals surface area contributed by atoms with Crippen LogP contribution < -0.4 is 4.90 Å². The van der Waals surface area contributed by atoms with Crippen LogP contribution in [0.4, 0.5) is 18.9 Å². The molecule has 1 aliphatic heterocycles. The lowest BCUT2D eigenvalue weighted by atomic mass is 10.0. The van der Waals surface area contributed by atoms with Crippen LogP contribution in [0.5, 0.6) is 0 Å². The summed E-state index contributed by atoms with van der Waals surface area (Å²) in [7, 11) is 0. The number of piperazine rings is 1. The summed E-state index contributed by atoms with van der Waals surface area (Å²) in [6.45, 7) is 6.18. The molecule has 1 atom stereocenters. The summed E-state index contributed by atoms with van der Waals surface area (Å²) in [6, 6.07) is 9.18. The van der Waals surface area contributed by atoms with Crippen molar-refractivity contribution in [1.82, 2.24) is 4.90 Å². The number of benzene rings is 2. The highest BCUT2D eigenvalue weighted by molar-refractivity contribution is 6.03. The molecule has 0 N–H and O–H groups in total. The molecule has 1 heterocycles. The Labute approximate surface area is 161 Å². The smallest absolute Gasteiger partial charge is 0.325 e. The third-order valence-corrected chi connectivity index (χ3v) is 5.02. The fraction of sp³-hybridized carbons (Fsp3) is 0.333. The minimum Gasteiger partial charge on any atom is -0.325 e. The van der Waals surface area contributed by atoms with Crippen LogP contribution >= 0.6 is 0 Å². The molecule has 0 spiro atoms. The average Bonchev–Trinajstić information content (AvgIpc) is 2.63. The molecule has 28 heavy (non-hydrogen) atoms. The Morgan fingerprint density at radius 1 is 1.04 bits per heavy atom. The van der Waals surface area contributed by atoms with Gasteiger partial charge in [-0.15, -0.1) is 0 Å². The first-order chi connectivity index (χ1) is 13.1. The summed E-state index contributed by atoms with van der Waals surface area (Å²) in [5.74, 6) is -0.659. The molecule has 1 aliphatic rings. The lowest BCUT2D eigenvalue weighted by Crippen LogP contribution is -2.57. The van der Waals surface area contributed by atoms with Crippen LogP contribution in [0.2, 0.25) is 0 Å². The molecule has 3 rings (SSSR count). The minimum atomic E-state index is -4.46. The van der Waals surface area contributed by atoms with Crippen LogP contribution in [0.15, 0.2) is 42.5 Å². The maximum Gasteiger partial charge on any atom is 0.416 e. The zero-order valence-electron chi connectivity index (χ0n) is 15.9. The second-order valence-electron chi connectivity index (χ2n) is 7.03. The van der Waals surface area contributed by atoms with Crippen LogP contribution in [0.25, 0.3) is 0 Å². The van der Waals surface area contributed by atoms with Crippen LogP contribution in [-0.2, 0) is 11.0 Å². The Balaban J connectivity index is 1.79. The van der Waals surface area contributed by atoms with Crippen molar-refractivity contribution in [3.05, 3.63) is 64.7 Å². The largest absolute Gasteiger partial charge is 0.416 e. The molecule has 2 aromatic carbocycles. The first kappa shape index (κ1) is 19.9. The number of halogens is 3. The number of anilines is 1. The van der Waals surface area contributed by atoms with Gasteiger partial charge in [0.2, 0.25) is 5.91 Å². The van der Waals surface area contributed by atoms with Gasteiger partial charge in [-0.3, -0.25) is 9.59 Å². The summed E-state index contributed by atoms with van der Waals surface area (Å²) in [4.78, 5) is 28.7. The number of alkyl halides is 3. The van der Waals surface area contributed by atoms with Crippen LogP contribution in [-0.4, -0.2) is 35.8 Å². The Bertz CT molecular complexity index is 907. The number of rotatable bonds is 2. The average molecular weight is 390 g/mol. The number of hydrogen-bond acceptors (Lipinski definition) is 2. The van der Waals surface area contributed by atoms with E-state index in [1.165, 1.54) is 4.90 Å². The zero-order valence-corrected chi connectivity index (χ0v) is 15.9. The van der Waals surface area contributed by atoms with Gasteiger partial charge in [-0.2, -0.15) is 13.2 Å². The number of amides is 2. The van der Waals surface area contributed by atoms with E-state index >= 15 is 0 Å². The molecule has 0 radical (unpaired) electrons. The van der Waals surface area contributed by atoms with E-state index in [0.29, 0.717) is 13.1 Å². The Hall–Kier alpha value is -2.83. The predicted molar refractivity (Wildman–Crippen MR) is 100 cm³/mol. The van der Waals surface area contributed by atoms with Gasteiger partial charge in [-0.25, -0.2) is 0 Å². The maximum absolute atomic E-state index is 12.9. The second kappa shape index (κ2) is 7.30. The van der Waals surface area contributed by atoms with Gasteiger partial charge in [0.25, 0.3) is 5.91 Å². The Morgan fingerprint density at radius 2 is 1.68 bits per heavy atom. The van der Waals surface area contributed by atoms with E-state index < -0.39 is 23.7 Å². The van der Waals surface area contributed by atoms with Gasteiger partial charge in [0, 0.05) is 24.3 Å². The third-order valence-electron chi connectivity index (χ3n) is 5.02. The summed E-state index contributed by atoms with van der Waals surface area (Å²) >= 11 is 0. The first-order valence-electron chi connectivity index (χ1n) is 8.96. The summed E-state index contributed by atoms with van der Waals surface area (Å²) in [5, 5.41) is 0. The van der Waals surface area contributed by atoms with Crippen LogP contribution in [0.1, 0.15) is 34.0 Å². The third kappa shape index (κ3) is 3.74. The fourth-order valence-corrected chi connectivity index (χ4v) is 3.46. The highest BCUT2D eigenvalue weighted by atomic mass is 19.4. The normalized spacial score (nSPS) is 17.8. The summed E-state index contributed by atoms with van der Waals surface area (Å²) in [6.07, 6.45) is -4.46. The van der Waals surface area contributed by atoms with Gasteiger partial charge in [0.15, 0.2) is 0 Å². The summed E-state index contributed by atoms with van der Waals surface area (Å²) in [5.41, 5.74) is 2.20. The zero-order chi connectivity index (χ0) is 20.6. The van der Waals surface area contributed by atoms with Crippen molar-refractivity contribution in [2.75, 3.05) is 18.0 Å². The second-order valence-corrected chi connectivity index (χ2v) is 7.03. The predicted octanol–water partition coefficient (Wildman–Crippen LogP) is 4.20. The molecular weight excluding hydrogens is 369 g/mol. The SMILES string of the molecule is Cc1ccc(N2CCN(C(=O)c3ccc(C(F)(F)F)cc3)C(C)C2=O)c(C)c1. The number of nitrogens with zero attached hydrogens (tertiary/aromatic N) is 2. The minimum absolute atomic E-state index is 0.132. The molecule has 0 aliphatic carbocycles. The van der Waals surface area contributed by atoms with Crippen molar-refractivity contribution >= 4 is 17.5 Å². The van der Waals surface area contributed by atoms with E-state index in [0.717, 1.165) is 41.1 Å². The molecule has 2 amide bonds. The van der Waals surface area contributed by atoms with E-state index in [1.54, 1.807) is 11.8 Å². The van der Waals surface area contributed by atoms with Crippen molar-refractivity contribution in [1.29, 1.82) is 0 Å². The van der Waals surface area contributed by atoms with E-state index in [4.69, 9.17) is 0 Å². The van der Waals surface area contributed by atoms with Crippen molar-refractivity contribution < 1.29 is 22.8 Å². The molecule has 1 saturated heterocycles. The summed E-state index contributed by atoms with van der Waals surface area (Å²) < 4.78 is 38.1. The van der Waals surface area contributed by atoms with Gasteiger partial charge in [-0.05, 0) is 56.7 Å². The molecule has 2 aromatic rings. The number of carbonyl (C=O) groups is 2. The van der Waals surface area contributed by atoms with Crippen molar-refractivity contribution in [3.8, 4) is 0 Å². The van der Waals surface area contributed by atoms with E-state index in [1.807, 2.05) is 32.0 Å². The standard InChI is InChI=1S/C21H21F3N2O2/c1-13-4-9-18(14(2)12-13)26-11-10-25(15(3)19(26)27)20(28)16-5-7-17(8-6-16)21(22,23)24/h4-9,12,15H,10-11H2,1-3H3. The van der Waals surface area contributed by atoms with Crippen LogP contribution in [0.3, 0.4) is 0 Å². The Morgan fingerprint density at radius 3 is 2.25 bits per heavy atom. The van der Waals surface area contributed by atoms with E-state index in [2.05, 4.69) is 0 Å². The lowest BCUT2D eigenvalue weighted by Gasteiger charge is -2.39. The first-order valence-corrected chi connectivity index (χ1v) is 8.96. The molecule has 0 aromatic heterocycles. The van der Waals surface area contributed by atoms with E-state index in [-0.39, 0.29) is 11.5 Å². The number of hydrogen-bond donors (Lipinski definition) is 0. The maximum atomic E-state index is 12.9. The van der Waals surface area contributed by atoms with Crippen LogP contribution in [0, 0.1) is 13.8 Å². The quantitative estimate of drug-likeness (QED) is 0.771. The van der Waals surface area contributed by atoms with Gasteiger partial charge in [0.1, 0.15) is 6.04 Å². The van der Waals surface area contributed by atoms with Crippen molar-refractivity contribution in [3.63, 3.8) is 0 Å². The molecule has 7 heteroatoms. The van der Waals surface area contributed by atoms with E-state index in [9.17, 15) is 22.8 Å². The molecular formula is C21H21F3N2O2. The molecule has 4 nitrogen and oxygen atoms in total. The topological polar surface area (TPSA) is 40.6 Å². The molecule has 148 valence electrons. The van der Waals surface area contributed by atoms with Gasteiger partial charge >= 0.3 is 6.18 Å². The fourth-order valence-electron chi connectivity index (χ4n) is 3.46. The van der Waals surface area contributed by atoms with Gasteiger partial charge < -0.3 is 9.80 Å². The molecule has 0 saturated carbocycles. The Kier molecular flexibility index (Phi) is 5.19. The monoisotopic (exact) mass is 390 g/mol. The molecule has 0 bridgehead atoms. The number of aryl methyl sites for hydroxylation is 2. The highest BCUT2D eigenvalue weighted by Crippen LogP contribution is 2.30. The van der Waals surface area contributed by atoms with Gasteiger partial charge in [0.05, 0.1) is 5.56 Å². The van der Waals surface area contributed by atoms with Crippen molar-refractivity contribution in [2.45, 2.75) is 33.0 Å².